The number of nitrogens with one attached hydrogen (secondary N) is 2. The van der Waals surface area contributed by atoms with Crippen LogP contribution in [-0.2, 0) is 26.3 Å². The fourth-order valence-corrected chi connectivity index (χ4v) is 9.50. The predicted octanol–water partition coefficient (Wildman–Crippen LogP) is 4.41. The number of fused-ring (bicyclic) bond motifs is 4. The summed E-state index contributed by atoms with van der Waals surface area (Å²) in [6.07, 6.45) is 3.02. The maximum Gasteiger partial charge on any atom is 0.341 e. The Hall–Kier alpha value is -6.18. The van der Waals surface area contributed by atoms with Gasteiger partial charge in [-0.05, 0) is 52.7 Å². The van der Waals surface area contributed by atoms with Crippen molar-refractivity contribution in [2.75, 3.05) is 54.0 Å². The zero-order valence-corrected chi connectivity index (χ0v) is 34.0. The van der Waals surface area contributed by atoms with Crippen molar-refractivity contribution in [2.45, 2.75) is 70.2 Å². The van der Waals surface area contributed by atoms with Crippen molar-refractivity contribution in [3.8, 4) is 46.3 Å². The van der Waals surface area contributed by atoms with Gasteiger partial charge in [0.2, 0.25) is 11.8 Å². The largest absolute Gasteiger partial charge is 0.507 e. The molecule has 0 spiro atoms. The van der Waals surface area contributed by atoms with E-state index in [1.807, 2.05) is 18.7 Å². The number of phenolic OH excluding ortho intramolecular Hbond substituents is 3. The zero-order valence-electron chi connectivity index (χ0n) is 34.0. The van der Waals surface area contributed by atoms with E-state index in [9.17, 15) is 35.0 Å². The van der Waals surface area contributed by atoms with E-state index in [1.165, 1.54) is 46.6 Å². The van der Waals surface area contributed by atoms with Gasteiger partial charge < -0.3 is 49.6 Å². The smallest absolute Gasteiger partial charge is 0.341 e. The van der Waals surface area contributed by atoms with Gasteiger partial charge in [-0.1, -0.05) is 0 Å². The molecule has 308 valence electrons. The van der Waals surface area contributed by atoms with E-state index in [4.69, 9.17) is 18.9 Å². The number of carbonyl (C=O) groups excluding carboxylic acids is 3. The number of methoxy groups -OCH3 is 5. The van der Waals surface area contributed by atoms with Crippen LogP contribution in [0.4, 0.5) is 5.69 Å². The minimum atomic E-state index is -0.753. The maximum atomic E-state index is 13.3. The molecule has 5 atom stereocenters. The number of benzene rings is 3. The SMILES string of the molecule is COC(=O)c1ccc(NC(=O)/C=C/C(=O)NC[C@H]2c3c(O)c(OC)c(C)c(OC)c3CCN2[C@@H](C#N)[C@@H]2CC3(C)c4c(OC)c(C)c(OC)c(O)c4[C@H](C)N23)cc1O. The van der Waals surface area contributed by atoms with Crippen LogP contribution in [0, 0.1) is 25.2 Å². The van der Waals surface area contributed by atoms with Crippen LogP contribution in [0.2, 0.25) is 0 Å². The minimum absolute atomic E-state index is 0.0366. The van der Waals surface area contributed by atoms with Crippen LogP contribution in [-0.4, -0.2) is 104 Å². The highest BCUT2D eigenvalue weighted by Crippen LogP contribution is 2.65. The Balaban J connectivity index is 1.30. The summed E-state index contributed by atoms with van der Waals surface area (Å²) in [5.41, 5.74) is 3.51. The van der Waals surface area contributed by atoms with Crippen molar-refractivity contribution >= 4 is 23.5 Å². The van der Waals surface area contributed by atoms with Crippen LogP contribution < -0.4 is 29.6 Å². The van der Waals surface area contributed by atoms with E-state index >= 15 is 0 Å². The molecule has 1 fully saturated rings. The zero-order chi connectivity index (χ0) is 42.4. The lowest BCUT2D eigenvalue weighted by molar-refractivity contribution is -0.118. The van der Waals surface area contributed by atoms with Crippen molar-refractivity contribution in [1.29, 1.82) is 5.26 Å². The van der Waals surface area contributed by atoms with Crippen LogP contribution in [0.15, 0.2) is 30.4 Å². The highest BCUT2D eigenvalue weighted by Gasteiger charge is 2.63. The molecular formula is C42H49N5O11. The third-order valence-electron chi connectivity index (χ3n) is 11.9. The highest BCUT2D eigenvalue weighted by molar-refractivity contribution is 6.04. The molecule has 1 unspecified atom stereocenters. The number of nitrogens with zero attached hydrogens (tertiary/aromatic N) is 3. The Bertz CT molecular complexity index is 2250. The summed E-state index contributed by atoms with van der Waals surface area (Å²) in [6.45, 7) is 7.97. The number of rotatable bonds is 12. The number of amides is 2. The molecule has 16 heteroatoms. The third kappa shape index (κ3) is 6.53. The lowest BCUT2D eigenvalue weighted by atomic mass is 9.73. The summed E-state index contributed by atoms with van der Waals surface area (Å²) < 4.78 is 27.6. The number of hydrogen-bond donors (Lipinski definition) is 5. The second-order valence-corrected chi connectivity index (χ2v) is 14.8. The molecule has 58 heavy (non-hydrogen) atoms. The summed E-state index contributed by atoms with van der Waals surface area (Å²) in [4.78, 5) is 42.0. The first-order chi connectivity index (χ1) is 27.6. The Morgan fingerprint density at radius 1 is 0.931 bits per heavy atom. The first-order valence-corrected chi connectivity index (χ1v) is 18.7. The van der Waals surface area contributed by atoms with Gasteiger partial charge >= 0.3 is 5.97 Å². The molecule has 2 amide bonds. The van der Waals surface area contributed by atoms with E-state index in [0.717, 1.165) is 23.3 Å². The van der Waals surface area contributed by atoms with E-state index < -0.39 is 41.2 Å². The van der Waals surface area contributed by atoms with Gasteiger partial charge in [-0.3, -0.25) is 19.4 Å². The molecule has 3 aromatic rings. The molecule has 0 aliphatic carbocycles. The molecule has 3 aliphatic heterocycles. The molecule has 3 aromatic carbocycles. The molecule has 16 nitrogen and oxygen atoms in total. The molecule has 0 saturated carbocycles. The Morgan fingerprint density at radius 3 is 2.12 bits per heavy atom. The van der Waals surface area contributed by atoms with Gasteiger partial charge in [0.25, 0.3) is 0 Å². The number of nitriles is 1. The first-order valence-electron chi connectivity index (χ1n) is 18.7. The Labute approximate surface area is 336 Å². The fraction of sp³-hybridized carbons (Fsp3) is 0.429. The van der Waals surface area contributed by atoms with Crippen molar-refractivity contribution in [3.05, 3.63) is 69.3 Å². The molecule has 0 bridgehead atoms. The Kier molecular flexibility index (Phi) is 11.4. The normalized spacial score (nSPS) is 21.4. The van der Waals surface area contributed by atoms with Crippen LogP contribution in [0.25, 0.3) is 0 Å². The van der Waals surface area contributed by atoms with Crippen molar-refractivity contribution in [1.82, 2.24) is 15.1 Å². The number of carbonyl (C=O) groups is 3. The van der Waals surface area contributed by atoms with E-state index in [-0.39, 0.29) is 47.1 Å². The van der Waals surface area contributed by atoms with Gasteiger partial charge in [-0.25, -0.2) is 4.79 Å². The molecule has 5 N–H and O–H groups in total. The van der Waals surface area contributed by atoms with Crippen LogP contribution in [0.3, 0.4) is 0 Å². The number of esters is 1. The van der Waals surface area contributed by atoms with Gasteiger partial charge in [0, 0.05) is 88.0 Å². The molecule has 3 heterocycles. The van der Waals surface area contributed by atoms with E-state index in [0.29, 0.717) is 58.9 Å². The second kappa shape index (κ2) is 16.0. The topological polar surface area (TPSA) is 212 Å². The highest BCUT2D eigenvalue weighted by atomic mass is 16.5. The summed E-state index contributed by atoms with van der Waals surface area (Å²) in [5.74, 6) is -0.852. The molecular weight excluding hydrogens is 750 g/mol. The van der Waals surface area contributed by atoms with Gasteiger partial charge in [0.1, 0.15) is 28.9 Å². The fourth-order valence-electron chi connectivity index (χ4n) is 9.50. The monoisotopic (exact) mass is 799 g/mol. The number of ether oxygens (including phenoxy) is 5. The summed E-state index contributed by atoms with van der Waals surface area (Å²) >= 11 is 0. The van der Waals surface area contributed by atoms with Gasteiger partial charge in [-0.15, -0.1) is 0 Å². The third-order valence-corrected chi connectivity index (χ3v) is 11.9. The van der Waals surface area contributed by atoms with Gasteiger partial charge in [0.15, 0.2) is 23.0 Å². The van der Waals surface area contributed by atoms with Crippen LogP contribution >= 0.6 is 0 Å². The number of hydrogen-bond acceptors (Lipinski definition) is 14. The van der Waals surface area contributed by atoms with Crippen molar-refractivity contribution < 1.29 is 53.4 Å². The molecule has 1 saturated heterocycles. The second-order valence-electron chi connectivity index (χ2n) is 14.8. The summed E-state index contributed by atoms with van der Waals surface area (Å²) in [6, 6.07) is 4.25. The molecule has 0 radical (unpaired) electrons. The number of aromatic hydroxyl groups is 3. The van der Waals surface area contributed by atoms with E-state index in [2.05, 4.69) is 33.3 Å². The molecule has 6 rings (SSSR count). The van der Waals surface area contributed by atoms with Crippen LogP contribution in [0.5, 0.6) is 40.2 Å². The van der Waals surface area contributed by atoms with E-state index in [1.54, 1.807) is 14.0 Å². The number of anilines is 1. The lowest BCUT2D eigenvalue weighted by Crippen LogP contribution is -2.67. The predicted molar refractivity (Wildman–Crippen MR) is 211 cm³/mol. The summed E-state index contributed by atoms with van der Waals surface area (Å²) in [5, 5.41) is 49.8. The van der Waals surface area contributed by atoms with Crippen molar-refractivity contribution in [3.63, 3.8) is 0 Å². The average Bonchev–Trinajstić information content (AvgIpc) is 3.36. The van der Waals surface area contributed by atoms with Crippen molar-refractivity contribution in [2.24, 2.45) is 0 Å². The van der Waals surface area contributed by atoms with Gasteiger partial charge in [0.05, 0.1) is 47.7 Å². The number of phenols is 3. The minimum Gasteiger partial charge on any atom is -0.507 e. The maximum absolute atomic E-state index is 13.3. The quantitative estimate of drug-likeness (QED) is 0.127. The summed E-state index contributed by atoms with van der Waals surface area (Å²) in [7, 11) is 7.24. The molecule has 0 aromatic heterocycles. The standard InChI is InChI=1S/C42H49N5O11/c1-20-37(54-5)25-14-15-46(27(18-43)26-17-42(4)34-32(22(3)47(26)42)35(51)40(57-8)21(2)38(34)55-6)28(33(25)36(52)39(20)56-7)19-44-30(49)12-13-31(50)45-23-10-11-24(29(48)16-23)41(53)58-9/h10-13,16,22,26-28,48,51-52H,14-15,17,19H2,1-9H3,(H,44,49)(H,45,50)/b13-12+/t22-,26-,27-,28-,42?/m0/s1. The Morgan fingerprint density at radius 2 is 1.53 bits per heavy atom. The average molecular weight is 800 g/mol. The lowest BCUT2D eigenvalue weighted by Gasteiger charge is -2.58. The van der Waals surface area contributed by atoms with Gasteiger partial charge in [-0.2, -0.15) is 5.26 Å². The first kappa shape index (κ1) is 41.5. The van der Waals surface area contributed by atoms with Crippen LogP contribution in [0.1, 0.15) is 76.1 Å². The molecule has 3 aliphatic rings.